The number of hydrogen-bond donors (Lipinski definition) is 1. The molecule has 1 N–H and O–H groups in total. The lowest BCUT2D eigenvalue weighted by atomic mass is 10.2. The summed E-state index contributed by atoms with van der Waals surface area (Å²) < 4.78 is 5.08. The molecule has 1 heterocycles. The lowest BCUT2D eigenvalue weighted by Gasteiger charge is -2.06. The molecule has 0 radical (unpaired) electrons. The third-order valence-corrected chi connectivity index (χ3v) is 2.46. The molecule has 1 aromatic heterocycles. The van der Waals surface area contributed by atoms with Crippen LogP contribution < -0.4 is 10.1 Å². The molecule has 19 heavy (non-hydrogen) atoms. The van der Waals surface area contributed by atoms with Crippen LogP contribution in [-0.4, -0.2) is 18.0 Å². The number of aromatic nitrogens is 1. The minimum Gasteiger partial charge on any atom is -0.497 e. The van der Waals surface area contributed by atoms with Crippen LogP contribution in [0, 0.1) is 6.92 Å². The summed E-state index contributed by atoms with van der Waals surface area (Å²) in [5.41, 5.74) is 1.40. The monoisotopic (exact) mass is 278 g/mol. The molecular formula is C14H15ClN2O2. The molecule has 1 amide bonds. The van der Waals surface area contributed by atoms with E-state index in [1.807, 2.05) is 19.1 Å². The third-order valence-electron chi connectivity index (χ3n) is 2.46. The number of amides is 1. The van der Waals surface area contributed by atoms with Crippen molar-refractivity contribution >= 4 is 24.1 Å². The second-order valence-corrected chi connectivity index (χ2v) is 3.85. The molecule has 0 saturated heterocycles. The maximum Gasteiger partial charge on any atom is 0.256 e. The number of rotatable bonds is 3. The van der Waals surface area contributed by atoms with E-state index in [1.54, 1.807) is 37.4 Å². The van der Waals surface area contributed by atoms with Gasteiger partial charge in [0.2, 0.25) is 0 Å². The molecule has 2 rings (SSSR count). The van der Waals surface area contributed by atoms with Gasteiger partial charge in [0.1, 0.15) is 11.6 Å². The van der Waals surface area contributed by atoms with Gasteiger partial charge in [-0.05, 0) is 37.3 Å². The van der Waals surface area contributed by atoms with E-state index in [9.17, 15) is 4.79 Å². The number of nitrogens with one attached hydrogen (secondary N) is 1. The summed E-state index contributed by atoms with van der Waals surface area (Å²) >= 11 is 0. The summed E-state index contributed by atoms with van der Waals surface area (Å²) in [4.78, 5) is 16.2. The molecule has 0 spiro atoms. The summed E-state index contributed by atoms with van der Waals surface area (Å²) in [6.07, 6.45) is 0. The highest BCUT2D eigenvalue weighted by atomic mass is 35.5. The van der Waals surface area contributed by atoms with E-state index in [2.05, 4.69) is 10.3 Å². The van der Waals surface area contributed by atoms with Crippen molar-refractivity contribution in [1.82, 2.24) is 4.98 Å². The highest BCUT2D eigenvalue weighted by Crippen LogP contribution is 2.14. The van der Waals surface area contributed by atoms with Crippen molar-refractivity contribution in [1.29, 1.82) is 0 Å². The fraction of sp³-hybridized carbons (Fsp3) is 0.143. The van der Waals surface area contributed by atoms with Crippen LogP contribution in [0.3, 0.4) is 0 Å². The Morgan fingerprint density at radius 1 is 1.21 bits per heavy atom. The molecule has 100 valence electrons. The van der Waals surface area contributed by atoms with E-state index < -0.39 is 0 Å². The SMILES string of the molecule is COc1cccc(C(=O)Nc2cccc(C)n2)c1.Cl. The third kappa shape index (κ3) is 3.96. The molecule has 0 bridgehead atoms. The van der Waals surface area contributed by atoms with Crippen LogP contribution in [0.25, 0.3) is 0 Å². The quantitative estimate of drug-likeness (QED) is 0.939. The predicted octanol–water partition coefficient (Wildman–Crippen LogP) is 3.07. The van der Waals surface area contributed by atoms with E-state index in [-0.39, 0.29) is 18.3 Å². The van der Waals surface area contributed by atoms with Crippen LogP contribution in [0.2, 0.25) is 0 Å². The van der Waals surface area contributed by atoms with E-state index in [4.69, 9.17) is 4.74 Å². The van der Waals surface area contributed by atoms with Crippen molar-refractivity contribution in [2.24, 2.45) is 0 Å². The zero-order valence-corrected chi connectivity index (χ0v) is 11.5. The fourth-order valence-electron chi connectivity index (χ4n) is 1.57. The van der Waals surface area contributed by atoms with Gasteiger partial charge in [0, 0.05) is 11.3 Å². The maximum absolute atomic E-state index is 12.0. The molecule has 0 fully saturated rings. The van der Waals surface area contributed by atoms with Crippen LogP contribution in [0.5, 0.6) is 5.75 Å². The number of carbonyl (C=O) groups is 1. The summed E-state index contributed by atoms with van der Waals surface area (Å²) in [7, 11) is 1.57. The number of ether oxygens (including phenoxy) is 1. The van der Waals surface area contributed by atoms with Crippen molar-refractivity contribution in [2.75, 3.05) is 12.4 Å². The maximum atomic E-state index is 12.0. The van der Waals surface area contributed by atoms with Crippen LogP contribution in [0.4, 0.5) is 5.82 Å². The topological polar surface area (TPSA) is 51.2 Å². The fourth-order valence-corrected chi connectivity index (χ4v) is 1.57. The Balaban J connectivity index is 0.00000180. The number of hydrogen-bond acceptors (Lipinski definition) is 3. The summed E-state index contributed by atoms with van der Waals surface area (Å²) in [6, 6.07) is 12.5. The van der Waals surface area contributed by atoms with Gasteiger partial charge in [-0.3, -0.25) is 4.79 Å². The Bertz CT molecular complexity index is 573. The lowest BCUT2D eigenvalue weighted by molar-refractivity contribution is 0.102. The zero-order chi connectivity index (χ0) is 13.0. The molecule has 0 aliphatic heterocycles. The molecule has 2 aromatic rings. The standard InChI is InChI=1S/C14H14N2O2.ClH/c1-10-5-3-8-13(15-10)16-14(17)11-6-4-7-12(9-11)18-2;/h3-9H,1-2H3,(H,15,16,17);1H. The normalized spacial score (nSPS) is 9.37. The number of methoxy groups -OCH3 is 1. The Morgan fingerprint density at radius 3 is 2.63 bits per heavy atom. The van der Waals surface area contributed by atoms with Gasteiger partial charge in [0.15, 0.2) is 0 Å². The number of pyridine rings is 1. The highest BCUT2D eigenvalue weighted by molar-refractivity contribution is 6.03. The summed E-state index contributed by atoms with van der Waals surface area (Å²) in [5.74, 6) is 0.995. The van der Waals surface area contributed by atoms with Crippen molar-refractivity contribution in [3.8, 4) is 5.75 Å². The van der Waals surface area contributed by atoms with Gasteiger partial charge in [0.05, 0.1) is 7.11 Å². The smallest absolute Gasteiger partial charge is 0.256 e. The minimum absolute atomic E-state index is 0. The first-order chi connectivity index (χ1) is 8.69. The number of halogens is 1. The average molecular weight is 279 g/mol. The first-order valence-corrected chi connectivity index (χ1v) is 5.58. The zero-order valence-electron chi connectivity index (χ0n) is 10.7. The Hall–Kier alpha value is -2.07. The van der Waals surface area contributed by atoms with Crippen molar-refractivity contribution in [3.63, 3.8) is 0 Å². The molecule has 0 atom stereocenters. The van der Waals surface area contributed by atoms with Gasteiger partial charge in [-0.1, -0.05) is 12.1 Å². The Morgan fingerprint density at radius 2 is 1.95 bits per heavy atom. The number of benzene rings is 1. The molecule has 0 saturated carbocycles. The van der Waals surface area contributed by atoms with Crippen molar-refractivity contribution in [3.05, 3.63) is 53.7 Å². The molecule has 4 nitrogen and oxygen atoms in total. The van der Waals surface area contributed by atoms with Crippen LogP contribution >= 0.6 is 12.4 Å². The van der Waals surface area contributed by atoms with Gasteiger partial charge < -0.3 is 10.1 Å². The Kier molecular flexibility index (Phi) is 5.33. The van der Waals surface area contributed by atoms with Gasteiger partial charge >= 0.3 is 0 Å². The molecule has 0 aliphatic carbocycles. The average Bonchev–Trinajstić information content (AvgIpc) is 2.39. The molecule has 5 heteroatoms. The number of anilines is 1. The van der Waals surface area contributed by atoms with E-state index in [1.165, 1.54) is 0 Å². The number of carbonyl (C=O) groups excluding carboxylic acids is 1. The molecule has 1 aromatic carbocycles. The van der Waals surface area contributed by atoms with E-state index >= 15 is 0 Å². The first kappa shape index (κ1) is 15.0. The second kappa shape index (κ2) is 6.75. The van der Waals surface area contributed by atoms with E-state index in [0.717, 1.165) is 5.69 Å². The summed E-state index contributed by atoms with van der Waals surface area (Å²) in [5, 5.41) is 2.74. The van der Waals surface area contributed by atoms with Crippen LogP contribution in [0.15, 0.2) is 42.5 Å². The van der Waals surface area contributed by atoms with Crippen LogP contribution in [0.1, 0.15) is 16.1 Å². The van der Waals surface area contributed by atoms with Gasteiger partial charge in [-0.15, -0.1) is 12.4 Å². The van der Waals surface area contributed by atoms with Crippen molar-refractivity contribution in [2.45, 2.75) is 6.92 Å². The van der Waals surface area contributed by atoms with Crippen LogP contribution in [-0.2, 0) is 0 Å². The predicted molar refractivity (Wildman–Crippen MR) is 77.2 cm³/mol. The molecule has 0 aliphatic rings. The minimum atomic E-state index is -0.202. The van der Waals surface area contributed by atoms with Gasteiger partial charge in [0.25, 0.3) is 5.91 Å². The second-order valence-electron chi connectivity index (χ2n) is 3.85. The van der Waals surface area contributed by atoms with E-state index in [0.29, 0.717) is 17.1 Å². The number of nitrogens with zero attached hydrogens (tertiary/aromatic N) is 1. The first-order valence-electron chi connectivity index (χ1n) is 5.58. The largest absolute Gasteiger partial charge is 0.497 e. The Labute approximate surface area is 118 Å². The highest BCUT2D eigenvalue weighted by Gasteiger charge is 2.07. The van der Waals surface area contributed by atoms with Gasteiger partial charge in [-0.25, -0.2) is 4.98 Å². The number of aryl methyl sites for hydroxylation is 1. The molecular weight excluding hydrogens is 264 g/mol. The van der Waals surface area contributed by atoms with Crippen molar-refractivity contribution < 1.29 is 9.53 Å². The lowest BCUT2D eigenvalue weighted by Crippen LogP contribution is -2.13. The molecule has 0 unspecified atom stereocenters. The van der Waals surface area contributed by atoms with Gasteiger partial charge in [-0.2, -0.15) is 0 Å². The summed E-state index contributed by atoms with van der Waals surface area (Å²) in [6.45, 7) is 1.88.